The van der Waals surface area contributed by atoms with Crippen LogP contribution >= 0.6 is 11.6 Å². The summed E-state index contributed by atoms with van der Waals surface area (Å²) >= 11 is 5.90. The summed E-state index contributed by atoms with van der Waals surface area (Å²) in [5.74, 6) is -0.825. The number of nitriles is 1. The molecule has 0 aliphatic carbocycles. The highest BCUT2D eigenvalue weighted by atomic mass is 35.5. The Morgan fingerprint density at radius 3 is 2.88 bits per heavy atom. The molecule has 1 aromatic carbocycles. The van der Waals surface area contributed by atoms with E-state index in [4.69, 9.17) is 21.3 Å². The molecular weight excluding hydrogens is 356 g/mol. The van der Waals surface area contributed by atoms with Gasteiger partial charge < -0.3 is 4.42 Å². The largest absolute Gasteiger partial charge is 0.419 e. The summed E-state index contributed by atoms with van der Waals surface area (Å²) in [5.41, 5.74) is 1.76. The van der Waals surface area contributed by atoms with E-state index < -0.39 is 5.76 Å². The first-order valence-corrected chi connectivity index (χ1v) is 8.36. The molecule has 3 rings (SSSR count). The molecule has 7 nitrogen and oxygen atoms in total. The fourth-order valence-electron chi connectivity index (χ4n) is 2.63. The summed E-state index contributed by atoms with van der Waals surface area (Å²) in [7, 11) is 0. The molecule has 0 bridgehead atoms. The van der Waals surface area contributed by atoms with Gasteiger partial charge in [-0.1, -0.05) is 11.6 Å². The zero-order chi connectivity index (χ0) is 18.7. The molecule has 0 aliphatic rings. The highest BCUT2D eigenvalue weighted by molar-refractivity contribution is 6.31. The Morgan fingerprint density at radius 1 is 1.35 bits per heavy atom. The van der Waals surface area contributed by atoms with Crippen LogP contribution < -0.4 is 11.2 Å². The molecule has 26 heavy (non-hydrogen) atoms. The number of nitrogens with zero attached hydrogens (tertiary/aromatic N) is 4. The normalized spacial score (nSPS) is 11.7. The fraction of sp³-hybridized carbons (Fsp3) is 0.222. The number of hydrogen-bond donors (Lipinski definition) is 0. The van der Waals surface area contributed by atoms with Gasteiger partial charge in [-0.3, -0.25) is 18.9 Å². The molecule has 0 N–H and O–H groups in total. The van der Waals surface area contributed by atoms with Crippen molar-refractivity contribution in [2.24, 2.45) is 4.99 Å². The second-order valence-electron chi connectivity index (χ2n) is 5.51. The second-order valence-corrected chi connectivity index (χ2v) is 5.94. The summed E-state index contributed by atoms with van der Waals surface area (Å²) in [6.07, 6.45) is 1.50. The van der Waals surface area contributed by atoms with E-state index in [-0.39, 0.29) is 18.9 Å². The number of halogens is 1. The monoisotopic (exact) mass is 370 g/mol. The maximum atomic E-state index is 12.6. The van der Waals surface area contributed by atoms with E-state index in [9.17, 15) is 9.59 Å². The van der Waals surface area contributed by atoms with Crippen molar-refractivity contribution in [1.29, 1.82) is 5.26 Å². The standard InChI is InChI=1S/C18H15ClN4O3/c1-2-21-16-6-3-12(10-20)11-23(16)17(24)7-8-22-14-5-4-13(19)9-15(14)26-18(22)25/h3-6,9,11H,2,7-8H2,1H3. The van der Waals surface area contributed by atoms with Gasteiger partial charge in [0.25, 0.3) is 0 Å². The van der Waals surface area contributed by atoms with Gasteiger partial charge in [-0.2, -0.15) is 5.26 Å². The van der Waals surface area contributed by atoms with E-state index in [1.54, 1.807) is 30.3 Å². The number of fused-ring (bicyclic) bond motifs is 1. The predicted molar refractivity (Wildman–Crippen MR) is 96.0 cm³/mol. The minimum absolute atomic E-state index is 0.0446. The molecule has 8 heteroatoms. The van der Waals surface area contributed by atoms with Gasteiger partial charge in [-0.05, 0) is 31.2 Å². The molecule has 0 saturated carbocycles. The van der Waals surface area contributed by atoms with Crippen LogP contribution in [-0.4, -0.2) is 21.6 Å². The third kappa shape index (κ3) is 3.46. The number of benzene rings is 1. The Hall–Kier alpha value is -3.11. The number of carbonyl (C=O) groups excluding carboxylic acids is 1. The van der Waals surface area contributed by atoms with Gasteiger partial charge in [0.05, 0.1) is 11.1 Å². The number of carbonyl (C=O) groups is 1. The number of hydrogen-bond acceptors (Lipinski definition) is 5. The lowest BCUT2D eigenvalue weighted by Crippen LogP contribution is -2.29. The van der Waals surface area contributed by atoms with Crippen LogP contribution in [0.3, 0.4) is 0 Å². The lowest BCUT2D eigenvalue weighted by atomic mass is 10.3. The van der Waals surface area contributed by atoms with E-state index >= 15 is 0 Å². The lowest BCUT2D eigenvalue weighted by molar-refractivity contribution is 0.0891. The minimum Gasteiger partial charge on any atom is -0.408 e. The summed E-state index contributed by atoms with van der Waals surface area (Å²) in [6.45, 7) is 2.50. The molecule has 2 heterocycles. The minimum atomic E-state index is -0.552. The predicted octanol–water partition coefficient (Wildman–Crippen LogP) is 2.57. The third-order valence-electron chi connectivity index (χ3n) is 3.82. The van der Waals surface area contributed by atoms with Gasteiger partial charge in [0.15, 0.2) is 5.58 Å². The van der Waals surface area contributed by atoms with E-state index in [1.807, 2.05) is 13.0 Å². The number of oxazole rings is 1. The Balaban J connectivity index is 1.91. The molecule has 0 fully saturated rings. The first-order valence-electron chi connectivity index (χ1n) is 7.99. The zero-order valence-electron chi connectivity index (χ0n) is 14.0. The number of aryl methyl sites for hydroxylation is 1. The molecule has 0 atom stereocenters. The summed E-state index contributed by atoms with van der Waals surface area (Å²) < 4.78 is 7.88. The molecule has 0 aliphatic heterocycles. The first kappa shape index (κ1) is 17.7. The van der Waals surface area contributed by atoms with Gasteiger partial charge >= 0.3 is 5.76 Å². The Bertz CT molecular complexity index is 1150. The number of aromatic nitrogens is 2. The van der Waals surface area contributed by atoms with Gasteiger partial charge in [0.1, 0.15) is 11.6 Å². The smallest absolute Gasteiger partial charge is 0.408 e. The van der Waals surface area contributed by atoms with Gasteiger partial charge in [0, 0.05) is 36.8 Å². The fourth-order valence-corrected chi connectivity index (χ4v) is 2.79. The summed E-state index contributed by atoms with van der Waals surface area (Å²) in [5, 5.41) is 9.51. The second kappa shape index (κ2) is 7.42. The van der Waals surface area contributed by atoms with Crippen LogP contribution in [0.25, 0.3) is 11.1 Å². The van der Waals surface area contributed by atoms with E-state index in [0.717, 1.165) is 0 Å². The van der Waals surface area contributed by atoms with Gasteiger partial charge in [0.2, 0.25) is 5.91 Å². The molecule has 0 amide bonds. The Kier molecular flexibility index (Phi) is 5.05. The van der Waals surface area contributed by atoms with Crippen molar-refractivity contribution in [3.8, 4) is 6.07 Å². The topological polar surface area (TPSA) is 93.3 Å². The van der Waals surface area contributed by atoms with Crippen LogP contribution in [0.1, 0.15) is 23.7 Å². The molecular formula is C18H15ClN4O3. The van der Waals surface area contributed by atoms with Crippen molar-refractivity contribution in [3.05, 3.63) is 63.2 Å². The average molecular weight is 371 g/mol. The van der Waals surface area contributed by atoms with Crippen molar-refractivity contribution < 1.29 is 9.21 Å². The molecule has 2 aromatic heterocycles. The highest BCUT2D eigenvalue weighted by Gasteiger charge is 2.13. The molecule has 0 radical (unpaired) electrons. The van der Waals surface area contributed by atoms with Crippen LogP contribution in [0.4, 0.5) is 0 Å². The molecule has 0 spiro atoms. The third-order valence-corrected chi connectivity index (χ3v) is 4.06. The quantitative estimate of drug-likeness (QED) is 0.705. The van der Waals surface area contributed by atoms with Crippen molar-refractivity contribution in [2.45, 2.75) is 19.9 Å². The van der Waals surface area contributed by atoms with Crippen molar-refractivity contribution in [2.75, 3.05) is 6.54 Å². The maximum Gasteiger partial charge on any atom is 0.419 e. The van der Waals surface area contributed by atoms with E-state index in [2.05, 4.69) is 4.99 Å². The van der Waals surface area contributed by atoms with Crippen LogP contribution in [0.5, 0.6) is 0 Å². The van der Waals surface area contributed by atoms with Crippen LogP contribution in [-0.2, 0) is 6.54 Å². The SMILES string of the molecule is CCN=c1ccc(C#N)cn1C(=O)CCn1c(=O)oc2cc(Cl)ccc21. The van der Waals surface area contributed by atoms with Crippen LogP contribution in [0.15, 0.2) is 50.7 Å². The van der Waals surface area contributed by atoms with Crippen LogP contribution in [0.2, 0.25) is 5.02 Å². The highest BCUT2D eigenvalue weighted by Crippen LogP contribution is 2.18. The Morgan fingerprint density at radius 2 is 2.15 bits per heavy atom. The van der Waals surface area contributed by atoms with Gasteiger partial charge in [-0.15, -0.1) is 0 Å². The number of rotatable bonds is 4. The zero-order valence-corrected chi connectivity index (χ0v) is 14.7. The molecule has 0 saturated heterocycles. The number of pyridine rings is 1. The van der Waals surface area contributed by atoms with Crippen LogP contribution in [0, 0.1) is 11.3 Å². The van der Waals surface area contributed by atoms with Gasteiger partial charge in [-0.25, -0.2) is 4.79 Å². The van der Waals surface area contributed by atoms with E-state index in [1.165, 1.54) is 15.3 Å². The van der Waals surface area contributed by atoms with E-state index in [0.29, 0.717) is 33.7 Å². The van der Waals surface area contributed by atoms with Crippen molar-refractivity contribution in [1.82, 2.24) is 9.13 Å². The molecule has 132 valence electrons. The van der Waals surface area contributed by atoms with Crippen molar-refractivity contribution >= 4 is 28.6 Å². The average Bonchev–Trinajstić information content (AvgIpc) is 2.94. The molecule has 0 unspecified atom stereocenters. The lowest BCUT2D eigenvalue weighted by Gasteiger charge is -2.07. The maximum absolute atomic E-state index is 12.6. The molecule has 3 aromatic rings. The summed E-state index contributed by atoms with van der Waals surface area (Å²) in [4.78, 5) is 28.9. The first-order chi connectivity index (χ1) is 12.5. The Labute approximate surface area is 153 Å². The summed E-state index contributed by atoms with van der Waals surface area (Å²) in [6, 6.07) is 10.1. The van der Waals surface area contributed by atoms with Crippen molar-refractivity contribution in [3.63, 3.8) is 0 Å².